The van der Waals surface area contributed by atoms with Crippen molar-refractivity contribution in [3.8, 4) is 0 Å². The maximum atomic E-state index is 13.4. The monoisotopic (exact) mass is 615 g/mol. The van der Waals surface area contributed by atoms with Crippen LogP contribution in [0.5, 0.6) is 0 Å². The second kappa shape index (κ2) is 11.3. The number of thioether (sulfide) groups is 1. The van der Waals surface area contributed by atoms with Crippen molar-refractivity contribution in [1.82, 2.24) is 26.6 Å². The molecule has 3 saturated heterocycles. The molecular weight excluding hydrogens is 574 g/mol. The van der Waals surface area contributed by atoms with E-state index >= 15 is 0 Å². The van der Waals surface area contributed by atoms with Crippen LogP contribution in [-0.2, 0) is 23.9 Å². The average molecular weight is 616 g/mol. The third kappa shape index (κ3) is 6.31. The van der Waals surface area contributed by atoms with Crippen LogP contribution in [0, 0.1) is 5.41 Å². The largest absolute Gasteiger partial charge is 0.341 e. The van der Waals surface area contributed by atoms with Crippen LogP contribution in [0.25, 0.3) is 0 Å². The molecule has 13 nitrogen and oxygen atoms in total. The third-order valence-electron chi connectivity index (χ3n) is 8.50. The van der Waals surface area contributed by atoms with Gasteiger partial charge >= 0.3 is 6.03 Å². The number of ether oxygens (including phenoxy) is 1. The topological polar surface area (TPSA) is 179 Å². The van der Waals surface area contributed by atoms with E-state index < -0.39 is 46.3 Å². The molecule has 0 aliphatic carbocycles. The van der Waals surface area contributed by atoms with E-state index in [9.17, 15) is 24.0 Å². The first-order valence-corrected chi connectivity index (χ1v) is 15.6. The minimum absolute atomic E-state index is 0.0836. The molecule has 0 spiro atoms. The summed E-state index contributed by atoms with van der Waals surface area (Å²) in [6.07, 6.45) is 2.21. The summed E-state index contributed by atoms with van der Waals surface area (Å²) in [6.45, 7) is 9.05. The molecule has 5 atom stereocenters. The molecule has 6 amide bonds. The molecule has 3 fully saturated rings. The normalized spacial score (nSPS) is 31.2. The molecule has 0 bridgehead atoms. The number of carbonyl (C=O) groups is 5. The number of amides is 6. The zero-order valence-corrected chi connectivity index (χ0v) is 26.1. The number of fused-ring (bicyclic) bond motifs is 2. The van der Waals surface area contributed by atoms with Gasteiger partial charge < -0.3 is 36.6 Å². The fourth-order valence-corrected chi connectivity index (χ4v) is 6.95. The molecular formula is C29H41N7O6S. The van der Waals surface area contributed by atoms with Crippen molar-refractivity contribution in [2.24, 2.45) is 5.41 Å². The van der Waals surface area contributed by atoms with Crippen molar-refractivity contribution < 1.29 is 28.7 Å². The van der Waals surface area contributed by atoms with Gasteiger partial charge in [0.15, 0.2) is 0 Å². The van der Waals surface area contributed by atoms with E-state index in [0.717, 1.165) is 30.6 Å². The number of hydrogen-bond acceptors (Lipinski definition) is 8. The van der Waals surface area contributed by atoms with Gasteiger partial charge in [0.1, 0.15) is 28.9 Å². The third-order valence-corrected chi connectivity index (χ3v) is 10.0. The van der Waals surface area contributed by atoms with Crippen LogP contribution < -0.4 is 37.2 Å². The summed E-state index contributed by atoms with van der Waals surface area (Å²) in [5, 5.41) is 20.8. The summed E-state index contributed by atoms with van der Waals surface area (Å²) in [5.41, 5.74) is -2.87. The van der Waals surface area contributed by atoms with Gasteiger partial charge in [0.25, 0.3) is 0 Å². The molecule has 4 aliphatic rings. The van der Waals surface area contributed by atoms with E-state index in [0.29, 0.717) is 16.6 Å². The first-order valence-electron chi connectivity index (χ1n) is 14.6. The Kier molecular flexibility index (Phi) is 8.16. The molecule has 4 aliphatic heterocycles. The number of hydrogen-bond donors (Lipinski definition) is 7. The second-order valence-electron chi connectivity index (χ2n) is 13.2. The maximum absolute atomic E-state index is 13.4. The van der Waals surface area contributed by atoms with E-state index in [1.807, 2.05) is 11.8 Å². The van der Waals surface area contributed by atoms with E-state index in [2.05, 4.69) is 37.2 Å². The standard InChI is InChI=1S/C29H41N7O6S/c1-27(2)22(37)35-28(3,4)24(39)30-15-11-10-14(12-16(15)31-25(40)29(5,6)36-23(27)38)21-33-19(42-21)9-7-8-18-20-17(13-43-18)32-26(41)34-20/h10-12,17-21,33H,7-9,13H2,1-6H3,(H,30,39)(H,31,40)(H,35,37)(H,36,38)(H2,32,34,41)/t17-,18-,19+,20-,21?/m0/s1. The molecule has 43 heavy (non-hydrogen) atoms. The predicted octanol–water partition coefficient (Wildman–Crippen LogP) is 1.67. The highest BCUT2D eigenvalue weighted by Crippen LogP contribution is 2.36. The molecule has 234 valence electrons. The Labute approximate surface area is 255 Å². The highest BCUT2D eigenvalue weighted by Gasteiger charge is 2.45. The molecule has 1 unspecified atom stereocenters. The molecule has 0 saturated carbocycles. The number of nitrogens with one attached hydrogen (secondary N) is 7. The summed E-state index contributed by atoms with van der Waals surface area (Å²) in [7, 11) is 0. The maximum Gasteiger partial charge on any atom is 0.315 e. The Morgan fingerprint density at radius 2 is 1.42 bits per heavy atom. The van der Waals surface area contributed by atoms with E-state index in [4.69, 9.17) is 4.74 Å². The van der Waals surface area contributed by atoms with Crippen molar-refractivity contribution in [3.63, 3.8) is 0 Å². The van der Waals surface area contributed by atoms with E-state index in [1.165, 1.54) is 13.8 Å². The lowest BCUT2D eigenvalue weighted by molar-refractivity contribution is -0.168. The van der Waals surface area contributed by atoms with Crippen molar-refractivity contribution in [2.75, 3.05) is 16.4 Å². The highest BCUT2D eigenvalue weighted by molar-refractivity contribution is 8.00. The van der Waals surface area contributed by atoms with Gasteiger partial charge in [0, 0.05) is 11.0 Å². The smallest absolute Gasteiger partial charge is 0.315 e. The highest BCUT2D eigenvalue weighted by atomic mass is 32.2. The van der Waals surface area contributed by atoms with Crippen molar-refractivity contribution in [2.45, 2.75) is 102 Å². The van der Waals surface area contributed by atoms with Crippen LogP contribution >= 0.6 is 11.8 Å². The number of benzene rings is 1. The minimum atomic E-state index is -1.55. The fourth-order valence-electron chi connectivity index (χ4n) is 5.40. The molecule has 4 heterocycles. The van der Waals surface area contributed by atoms with Crippen LogP contribution in [0.15, 0.2) is 18.2 Å². The SMILES string of the molecule is CC1(C)NC(=O)C(C)(C)C(=O)NC(C)(C)C(=O)Nc2cc(C3N[C@@H](CCC[C@@H]4SC[C@@H]5NC(=O)N[C@@H]54)O3)ccc2NC1=O. The summed E-state index contributed by atoms with van der Waals surface area (Å²) in [6, 6.07) is 5.49. The fraction of sp³-hybridized carbons (Fsp3) is 0.621. The van der Waals surface area contributed by atoms with Crippen LogP contribution in [0.3, 0.4) is 0 Å². The van der Waals surface area contributed by atoms with Gasteiger partial charge in [-0.05, 0) is 78.5 Å². The van der Waals surface area contributed by atoms with Crippen molar-refractivity contribution in [3.05, 3.63) is 23.8 Å². The molecule has 0 aromatic heterocycles. The lowest BCUT2D eigenvalue weighted by Crippen LogP contribution is -2.61. The number of urea groups is 1. The van der Waals surface area contributed by atoms with Gasteiger partial charge in [0.2, 0.25) is 23.6 Å². The van der Waals surface area contributed by atoms with Crippen molar-refractivity contribution in [1.29, 1.82) is 0 Å². The van der Waals surface area contributed by atoms with Crippen LogP contribution in [0.1, 0.15) is 72.6 Å². The van der Waals surface area contributed by atoms with Gasteiger partial charge in [-0.1, -0.05) is 6.07 Å². The lowest BCUT2D eigenvalue weighted by Gasteiger charge is -2.38. The molecule has 1 aromatic carbocycles. The minimum Gasteiger partial charge on any atom is -0.341 e. The zero-order valence-electron chi connectivity index (χ0n) is 25.3. The summed E-state index contributed by atoms with van der Waals surface area (Å²) in [4.78, 5) is 64.3. The summed E-state index contributed by atoms with van der Waals surface area (Å²) >= 11 is 1.89. The zero-order chi connectivity index (χ0) is 31.3. The number of rotatable bonds is 5. The molecule has 5 rings (SSSR count). The van der Waals surface area contributed by atoms with Gasteiger partial charge in [-0.15, -0.1) is 0 Å². The van der Waals surface area contributed by atoms with Gasteiger partial charge in [0.05, 0.1) is 23.5 Å². The Hall–Kier alpha value is -3.36. The first kappa shape index (κ1) is 31.1. The molecule has 7 N–H and O–H groups in total. The average Bonchev–Trinajstić information content (AvgIpc) is 3.44. The Morgan fingerprint density at radius 3 is 2.05 bits per heavy atom. The van der Waals surface area contributed by atoms with Crippen LogP contribution in [-0.4, -0.2) is 70.1 Å². The Balaban J connectivity index is 1.26. The van der Waals surface area contributed by atoms with Gasteiger partial charge in [-0.25, -0.2) is 4.79 Å². The predicted molar refractivity (Wildman–Crippen MR) is 162 cm³/mol. The summed E-state index contributed by atoms with van der Waals surface area (Å²) in [5.74, 6) is -1.41. The lowest BCUT2D eigenvalue weighted by atomic mass is 9.88. The van der Waals surface area contributed by atoms with Crippen LogP contribution in [0.4, 0.5) is 16.2 Å². The quantitative estimate of drug-likeness (QED) is 0.193. The number of carbonyl (C=O) groups excluding carboxylic acids is 5. The second-order valence-corrected chi connectivity index (χ2v) is 14.5. The van der Waals surface area contributed by atoms with E-state index in [1.54, 1.807) is 45.9 Å². The van der Waals surface area contributed by atoms with Gasteiger partial charge in [-0.3, -0.25) is 24.5 Å². The van der Waals surface area contributed by atoms with Crippen molar-refractivity contribution >= 4 is 52.8 Å². The van der Waals surface area contributed by atoms with E-state index in [-0.39, 0.29) is 24.3 Å². The summed E-state index contributed by atoms with van der Waals surface area (Å²) < 4.78 is 6.10. The Morgan fingerprint density at radius 1 is 0.814 bits per heavy atom. The first-order chi connectivity index (χ1) is 20.1. The van der Waals surface area contributed by atoms with Crippen LogP contribution in [0.2, 0.25) is 0 Å². The molecule has 14 heteroatoms. The molecule has 1 aromatic rings. The van der Waals surface area contributed by atoms with Gasteiger partial charge in [-0.2, -0.15) is 11.8 Å². The Bertz CT molecular complexity index is 1340. The molecule has 0 radical (unpaired) electrons. The number of anilines is 2.